The zero-order valence-electron chi connectivity index (χ0n) is 10.8. The Morgan fingerprint density at radius 2 is 2.00 bits per heavy atom. The van der Waals surface area contributed by atoms with Gasteiger partial charge in [-0.15, -0.1) is 11.8 Å². The van der Waals surface area contributed by atoms with Crippen molar-refractivity contribution in [3.63, 3.8) is 0 Å². The molecule has 20 heavy (non-hydrogen) atoms. The molecule has 0 saturated heterocycles. The predicted molar refractivity (Wildman–Crippen MR) is 83.3 cm³/mol. The molecule has 0 atom stereocenters. The molecular weight excluding hydrogens is 296 g/mol. The minimum absolute atomic E-state index is 0.134. The summed E-state index contributed by atoms with van der Waals surface area (Å²) in [5.41, 5.74) is 8.22. The average molecular weight is 309 g/mol. The largest absolute Gasteiger partial charge is 0.398 e. The Kier molecular flexibility index (Phi) is 4.52. The van der Waals surface area contributed by atoms with Crippen molar-refractivity contribution in [3.8, 4) is 0 Å². The van der Waals surface area contributed by atoms with Crippen LogP contribution in [-0.4, -0.2) is 4.92 Å². The van der Waals surface area contributed by atoms with Crippen LogP contribution in [-0.2, 0) is 5.75 Å². The van der Waals surface area contributed by atoms with Crippen molar-refractivity contribution in [3.05, 3.63) is 62.7 Å². The topological polar surface area (TPSA) is 69.2 Å². The Morgan fingerprint density at radius 3 is 2.65 bits per heavy atom. The van der Waals surface area contributed by atoms with Gasteiger partial charge in [0.2, 0.25) is 0 Å². The SMILES string of the molecule is Cc1c(CSc2c(N)cccc2Cl)cccc1[N+](=O)[O-]. The minimum Gasteiger partial charge on any atom is -0.398 e. The fourth-order valence-electron chi connectivity index (χ4n) is 1.85. The van der Waals surface area contributed by atoms with E-state index in [2.05, 4.69) is 0 Å². The van der Waals surface area contributed by atoms with Crippen molar-refractivity contribution in [2.75, 3.05) is 5.73 Å². The molecule has 0 aliphatic heterocycles. The van der Waals surface area contributed by atoms with E-state index in [9.17, 15) is 10.1 Å². The van der Waals surface area contributed by atoms with E-state index in [-0.39, 0.29) is 10.6 Å². The van der Waals surface area contributed by atoms with E-state index in [1.54, 1.807) is 31.2 Å². The van der Waals surface area contributed by atoms with Gasteiger partial charge in [0.1, 0.15) is 0 Å². The van der Waals surface area contributed by atoms with Crippen molar-refractivity contribution in [2.45, 2.75) is 17.6 Å². The highest BCUT2D eigenvalue weighted by molar-refractivity contribution is 7.98. The van der Waals surface area contributed by atoms with Crippen LogP contribution in [0, 0.1) is 17.0 Å². The molecule has 2 N–H and O–H groups in total. The highest BCUT2D eigenvalue weighted by atomic mass is 35.5. The fraction of sp³-hybridized carbons (Fsp3) is 0.143. The Labute approximate surface area is 126 Å². The number of nitrogens with zero attached hydrogens (tertiary/aromatic N) is 1. The summed E-state index contributed by atoms with van der Waals surface area (Å²) in [5, 5.41) is 11.5. The average Bonchev–Trinajstić information content (AvgIpc) is 2.39. The molecular formula is C14H13ClN2O2S. The lowest BCUT2D eigenvalue weighted by Gasteiger charge is -2.09. The summed E-state index contributed by atoms with van der Waals surface area (Å²) in [6, 6.07) is 10.4. The van der Waals surface area contributed by atoms with E-state index in [0.717, 1.165) is 10.5 Å². The van der Waals surface area contributed by atoms with E-state index < -0.39 is 0 Å². The summed E-state index contributed by atoms with van der Waals surface area (Å²) in [4.78, 5) is 11.4. The van der Waals surface area contributed by atoms with E-state index in [1.165, 1.54) is 17.8 Å². The number of nitrogens with two attached hydrogens (primary N) is 1. The second-order valence-electron chi connectivity index (χ2n) is 4.27. The number of rotatable bonds is 4. The van der Waals surface area contributed by atoms with Crippen molar-refractivity contribution in [1.29, 1.82) is 0 Å². The highest BCUT2D eigenvalue weighted by Crippen LogP contribution is 2.35. The number of hydrogen-bond acceptors (Lipinski definition) is 4. The molecule has 0 amide bonds. The molecule has 0 spiro atoms. The van der Waals surface area contributed by atoms with Crippen molar-refractivity contribution in [1.82, 2.24) is 0 Å². The Bertz CT molecular complexity index is 641. The van der Waals surface area contributed by atoms with E-state index in [0.29, 0.717) is 22.0 Å². The van der Waals surface area contributed by atoms with Crippen LogP contribution in [0.1, 0.15) is 11.1 Å². The second kappa shape index (κ2) is 6.15. The number of nitrogen functional groups attached to an aromatic ring is 1. The number of halogens is 1. The lowest BCUT2D eigenvalue weighted by atomic mass is 10.1. The summed E-state index contributed by atoms with van der Waals surface area (Å²) in [5.74, 6) is 0.585. The summed E-state index contributed by atoms with van der Waals surface area (Å²) < 4.78 is 0. The molecule has 0 unspecified atom stereocenters. The minimum atomic E-state index is -0.368. The molecule has 0 saturated carbocycles. The summed E-state index contributed by atoms with van der Waals surface area (Å²) >= 11 is 7.59. The van der Waals surface area contributed by atoms with Crippen LogP contribution in [0.5, 0.6) is 0 Å². The van der Waals surface area contributed by atoms with Crippen LogP contribution in [0.4, 0.5) is 11.4 Å². The summed E-state index contributed by atoms with van der Waals surface area (Å²) in [6.45, 7) is 1.75. The van der Waals surface area contributed by atoms with Gasteiger partial charge in [0.25, 0.3) is 5.69 Å². The van der Waals surface area contributed by atoms with Crippen molar-refractivity contribution < 1.29 is 4.92 Å². The molecule has 6 heteroatoms. The molecule has 0 aliphatic carbocycles. The number of anilines is 1. The quantitative estimate of drug-likeness (QED) is 0.392. The maximum atomic E-state index is 10.9. The highest BCUT2D eigenvalue weighted by Gasteiger charge is 2.14. The Balaban J connectivity index is 2.24. The molecule has 0 heterocycles. The molecule has 2 aromatic carbocycles. The Morgan fingerprint density at radius 1 is 1.30 bits per heavy atom. The van der Waals surface area contributed by atoms with E-state index >= 15 is 0 Å². The van der Waals surface area contributed by atoms with Gasteiger partial charge >= 0.3 is 0 Å². The smallest absolute Gasteiger partial charge is 0.272 e. The van der Waals surface area contributed by atoms with E-state index in [1.807, 2.05) is 6.07 Å². The van der Waals surface area contributed by atoms with E-state index in [4.69, 9.17) is 17.3 Å². The number of nitro groups is 1. The number of thioether (sulfide) groups is 1. The van der Waals surface area contributed by atoms with Gasteiger partial charge in [-0.3, -0.25) is 10.1 Å². The first-order chi connectivity index (χ1) is 9.50. The number of nitro benzene ring substituents is 1. The zero-order valence-corrected chi connectivity index (χ0v) is 12.4. The first-order valence-corrected chi connectivity index (χ1v) is 7.26. The van der Waals surface area contributed by atoms with Crippen LogP contribution in [0.2, 0.25) is 5.02 Å². The first-order valence-electron chi connectivity index (χ1n) is 5.90. The van der Waals surface area contributed by atoms with Gasteiger partial charge in [0.05, 0.1) is 9.95 Å². The predicted octanol–water partition coefficient (Wildman–Crippen LogP) is 4.43. The van der Waals surface area contributed by atoms with Crippen molar-refractivity contribution >= 4 is 34.7 Å². The molecule has 4 nitrogen and oxygen atoms in total. The standard InChI is InChI=1S/C14H13ClN2O2S/c1-9-10(4-2-7-13(9)17(18)19)8-20-14-11(15)5-3-6-12(14)16/h2-7H,8,16H2,1H3. The second-order valence-corrected chi connectivity index (χ2v) is 5.66. The summed E-state index contributed by atoms with van der Waals surface area (Å²) in [7, 11) is 0. The molecule has 0 aliphatic rings. The molecule has 104 valence electrons. The van der Waals surface area contributed by atoms with Gasteiger partial charge in [0, 0.05) is 28.0 Å². The van der Waals surface area contributed by atoms with Gasteiger partial charge in [-0.25, -0.2) is 0 Å². The lowest BCUT2D eigenvalue weighted by Crippen LogP contribution is -1.96. The van der Waals surface area contributed by atoms with Crippen molar-refractivity contribution in [2.24, 2.45) is 0 Å². The monoisotopic (exact) mass is 308 g/mol. The first kappa shape index (κ1) is 14.7. The van der Waals surface area contributed by atoms with Gasteiger partial charge in [-0.2, -0.15) is 0 Å². The van der Waals surface area contributed by atoms with Crippen LogP contribution < -0.4 is 5.73 Å². The maximum Gasteiger partial charge on any atom is 0.272 e. The maximum absolute atomic E-state index is 10.9. The van der Waals surface area contributed by atoms with Crippen LogP contribution in [0.25, 0.3) is 0 Å². The van der Waals surface area contributed by atoms with Gasteiger partial charge < -0.3 is 5.73 Å². The van der Waals surface area contributed by atoms with Gasteiger partial charge in [-0.1, -0.05) is 29.8 Å². The molecule has 2 rings (SSSR count). The molecule has 0 fully saturated rings. The zero-order chi connectivity index (χ0) is 14.7. The lowest BCUT2D eigenvalue weighted by molar-refractivity contribution is -0.385. The molecule has 2 aromatic rings. The third-order valence-corrected chi connectivity index (χ3v) is 4.61. The Hall–Kier alpha value is -1.72. The molecule has 0 radical (unpaired) electrons. The van der Waals surface area contributed by atoms with Gasteiger partial charge in [-0.05, 0) is 24.6 Å². The van der Waals surface area contributed by atoms with Crippen LogP contribution in [0.3, 0.4) is 0 Å². The number of benzene rings is 2. The molecule has 0 bridgehead atoms. The third-order valence-electron chi connectivity index (χ3n) is 2.98. The number of hydrogen-bond donors (Lipinski definition) is 1. The summed E-state index contributed by atoms with van der Waals surface area (Å²) in [6.07, 6.45) is 0. The normalized spacial score (nSPS) is 10.5. The fourth-order valence-corrected chi connectivity index (χ4v) is 3.25. The van der Waals surface area contributed by atoms with Crippen LogP contribution in [0.15, 0.2) is 41.3 Å². The van der Waals surface area contributed by atoms with Gasteiger partial charge in [0.15, 0.2) is 0 Å². The van der Waals surface area contributed by atoms with Crippen LogP contribution >= 0.6 is 23.4 Å². The molecule has 0 aromatic heterocycles. The third kappa shape index (κ3) is 3.05.